The van der Waals surface area contributed by atoms with Crippen LogP contribution in [0.25, 0.3) is 21.9 Å². The SMILES string of the molecule is CC(C)c1ccc2c(c1)c(NC1CCN(Cc3ccc4occc4c3)CC1)cc(=O)n2C. The van der Waals surface area contributed by atoms with Crippen LogP contribution in [0, 0.1) is 0 Å². The number of hydrogen-bond acceptors (Lipinski definition) is 4. The molecule has 2 aromatic carbocycles. The third-order valence-electron chi connectivity index (χ3n) is 6.81. The summed E-state index contributed by atoms with van der Waals surface area (Å²) in [4.78, 5) is 15.1. The fourth-order valence-corrected chi connectivity index (χ4v) is 4.79. The summed E-state index contributed by atoms with van der Waals surface area (Å²) in [6, 6.07) is 17.1. The zero-order chi connectivity index (χ0) is 22.2. The van der Waals surface area contributed by atoms with Crippen LogP contribution in [0.3, 0.4) is 0 Å². The van der Waals surface area contributed by atoms with E-state index in [4.69, 9.17) is 4.42 Å². The van der Waals surface area contributed by atoms with E-state index < -0.39 is 0 Å². The van der Waals surface area contributed by atoms with Gasteiger partial charge in [-0.3, -0.25) is 9.69 Å². The minimum Gasteiger partial charge on any atom is -0.464 e. The number of benzene rings is 2. The van der Waals surface area contributed by atoms with Crippen molar-refractivity contribution in [1.29, 1.82) is 0 Å². The van der Waals surface area contributed by atoms with Gasteiger partial charge in [-0.05, 0) is 60.2 Å². The number of piperidine rings is 1. The Morgan fingerprint density at radius 2 is 1.88 bits per heavy atom. The van der Waals surface area contributed by atoms with Crippen LogP contribution in [0.5, 0.6) is 0 Å². The molecule has 166 valence electrons. The minimum absolute atomic E-state index is 0.0318. The number of rotatable bonds is 5. The van der Waals surface area contributed by atoms with Gasteiger partial charge in [0.25, 0.3) is 5.56 Å². The maximum atomic E-state index is 12.6. The molecular weight excluding hydrogens is 398 g/mol. The van der Waals surface area contributed by atoms with E-state index >= 15 is 0 Å². The number of furan rings is 1. The lowest BCUT2D eigenvalue weighted by atomic mass is 9.99. The van der Waals surface area contributed by atoms with Crippen molar-refractivity contribution in [3.8, 4) is 0 Å². The Labute approximate surface area is 188 Å². The average molecular weight is 430 g/mol. The van der Waals surface area contributed by atoms with Crippen LogP contribution in [0.1, 0.15) is 43.7 Å². The summed E-state index contributed by atoms with van der Waals surface area (Å²) in [6.45, 7) is 7.45. The highest BCUT2D eigenvalue weighted by Gasteiger charge is 2.20. The maximum absolute atomic E-state index is 12.6. The highest BCUT2D eigenvalue weighted by atomic mass is 16.3. The third kappa shape index (κ3) is 4.05. The van der Waals surface area contributed by atoms with Gasteiger partial charge in [0, 0.05) is 55.2 Å². The Kier molecular flexibility index (Phi) is 5.51. The third-order valence-corrected chi connectivity index (χ3v) is 6.81. The number of hydrogen-bond donors (Lipinski definition) is 1. The van der Waals surface area contributed by atoms with E-state index in [1.54, 1.807) is 16.9 Å². The topological polar surface area (TPSA) is 50.4 Å². The summed E-state index contributed by atoms with van der Waals surface area (Å²) < 4.78 is 7.19. The molecule has 0 saturated carbocycles. The van der Waals surface area contributed by atoms with E-state index in [0.29, 0.717) is 12.0 Å². The normalized spacial score (nSPS) is 15.8. The number of anilines is 1. The van der Waals surface area contributed by atoms with E-state index in [1.165, 1.54) is 11.1 Å². The Bertz CT molecular complexity index is 1310. The molecule has 1 aliphatic heterocycles. The molecule has 5 nitrogen and oxygen atoms in total. The van der Waals surface area contributed by atoms with Crippen LogP contribution in [0.4, 0.5) is 5.69 Å². The first-order valence-electron chi connectivity index (χ1n) is 11.6. The number of likely N-dealkylation sites (tertiary alicyclic amines) is 1. The molecule has 1 aliphatic rings. The predicted octanol–water partition coefficient (Wildman–Crippen LogP) is 5.48. The molecule has 0 amide bonds. The molecule has 3 heterocycles. The number of nitrogens with zero attached hydrogens (tertiary/aromatic N) is 2. The molecule has 1 saturated heterocycles. The van der Waals surface area contributed by atoms with Gasteiger partial charge in [-0.2, -0.15) is 0 Å². The van der Waals surface area contributed by atoms with Crippen LogP contribution in [-0.4, -0.2) is 28.6 Å². The van der Waals surface area contributed by atoms with E-state index in [0.717, 1.165) is 60.0 Å². The van der Waals surface area contributed by atoms with Gasteiger partial charge in [-0.15, -0.1) is 0 Å². The van der Waals surface area contributed by atoms with Gasteiger partial charge in [0.2, 0.25) is 0 Å². The van der Waals surface area contributed by atoms with Gasteiger partial charge in [0.15, 0.2) is 0 Å². The van der Waals surface area contributed by atoms with E-state index in [1.807, 2.05) is 13.1 Å². The number of fused-ring (bicyclic) bond motifs is 2. The highest BCUT2D eigenvalue weighted by Crippen LogP contribution is 2.28. The largest absolute Gasteiger partial charge is 0.464 e. The molecule has 5 heteroatoms. The molecular formula is C27H31N3O2. The molecule has 0 unspecified atom stereocenters. The van der Waals surface area contributed by atoms with Crippen molar-refractivity contribution in [2.45, 2.75) is 45.2 Å². The molecule has 0 atom stereocenters. The van der Waals surface area contributed by atoms with Crippen LogP contribution in [0.2, 0.25) is 0 Å². The second kappa shape index (κ2) is 8.47. The number of aromatic nitrogens is 1. The smallest absolute Gasteiger partial charge is 0.252 e. The molecule has 0 bridgehead atoms. The molecule has 1 N–H and O–H groups in total. The zero-order valence-corrected chi connectivity index (χ0v) is 19.1. The average Bonchev–Trinajstić information content (AvgIpc) is 3.26. The Morgan fingerprint density at radius 3 is 2.66 bits per heavy atom. The van der Waals surface area contributed by atoms with Gasteiger partial charge in [-0.1, -0.05) is 26.0 Å². The standard InChI is InChI=1S/C27H31N3O2/c1-18(2)20-5-6-25-23(15-20)24(16-27(31)29(25)3)28-22-8-11-30(12-9-22)17-19-4-7-26-21(14-19)10-13-32-26/h4-7,10,13-16,18,22,28H,8-9,11-12,17H2,1-3H3. The maximum Gasteiger partial charge on any atom is 0.252 e. The van der Waals surface area contributed by atoms with E-state index in [2.05, 4.69) is 60.5 Å². The summed E-state index contributed by atoms with van der Waals surface area (Å²) >= 11 is 0. The van der Waals surface area contributed by atoms with Crippen molar-refractivity contribution < 1.29 is 4.42 Å². The second-order valence-electron chi connectivity index (χ2n) is 9.37. The molecule has 0 spiro atoms. The quantitative estimate of drug-likeness (QED) is 0.456. The zero-order valence-electron chi connectivity index (χ0n) is 19.1. The van der Waals surface area contributed by atoms with Gasteiger partial charge in [0.05, 0.1) is 11.8 Å². The first-order valence-corrected chi connectivity index (χ1v) is 11.6. The van der Waals surface area contributed by atoms with Gasteiger partial charge < -0.3 is 14.3 Å². The van der Waals surface area contributed by atoms with Crippen molar-refractivity contribution >= 4 is 27.6 Å². The molecule has 5 rings (SSSR count). The van der Waals surface area contributed by atoms with Crippen LogP contribution >= 0.6 is 0 Å². The molecule has 4 aromatic rings. The summed E-state index contributed by atoms with van der Waals surface area (Å²) in [7, 11) is 1.85. The van der Waals surface area contributed by atoms with Gasteiger partial charge in [0.1, 0.15) is 5.58 Å². The van der Waals surface area contributed by atoms with Crippen LogP contribution in [0.15, 0.2) is 64.0 Å². The van der Waals surface area contributed by atoms with Gasteiger partial charge in [-0.25, -0.2) is 0 Å². The number of pyridine rings is 1. The fraction of sp³-hybridized carbons (Fsp3) is 0.370. The lowest BCUT2D eigenvalue weighted by molar-refractivity contribution is 0.211. The van der Waals surface area contributed by atoms with Gasteiger partial charge >= 0.3 is 0 Å². The fourth-order valence-electron chi connectivity index (χ4n) is 4.79. The minimum atomic E-state index is 0.0318. The van der Waals surface area contributed by atoms with E-state index in [9.17, 15) is 4.79 Å². The number of nitrogens with one attached hydrogen (secondary N) is 1. The molecule has 1 fully saturated rings. The Morgan fingerprint density at radius 1 is 1.06 bits per heavy atom. The first kappa shape index (κ1) is 20.8. The summed E-state index contributed by atoms with van der Waals surface area (Å²) in [5.74, 6) is 0.453. The summed E-state index contributed by atoms with van der Waals surface area (Å²) in [6.07, 6.45) is 3.87. The van der Waals surface area contributed by atoms with Crippen molar-refractivity contribution in [2.24, 2.45) is 7.05 Å². The first-order chi connectivity index (χ1) is 15.5. The van der Waals surface area contributed by atoms with Crippen molar-refractivity contribution in [3.05, 3.63) is 76.3 Å². The Hall–Kier alpha value is -3.05. The summed E-state index contributed by atoms with van der Waals surface area (Å²) in [5, 5.41) is 6.01. The second-order valence-corrected chi connectivity index (χ2v) is 9.37. The monoisotopic (exact) mass is 429 g/mol. The lowest BCUT2D eigenvalue weighted by Gasteiger charge is -2.33. The Balaban J connectivity index is 1.29. The molecule has 0 aliphatic carbocycles. The van der Waals surface area contributed by atoms with Crippen molar-refractivity contribution in [2.75, 3.05) is 18.4 Å². The molecule has 32 heavy (non-hydrogen) atoms. The van der Waals surface area contributed by atoms with E-state index in [-0.39, 0.29) is 5.56 Å². The van der Waals surface area contributed by atoms with Crippen LogP contribution < -0.4 is 10.9 Å². The lowest BCUT2D eigenvalue weighted by Crippen LogP contribution is -2.38. The van der Waals surface area contributed by atoms with Crippen molar-refractivity contribution in [1.82, 2.24) is 9.47 Å². The predicted molar refractivity (Wildman–Crippen MR) is 131 cm³/mol. The highest BCUT2D eigenvalue weighted by molar-refractivity contribution is 5.92. The van der Waals surface area contributed by atoms with Crippen LogP contribution in [-0.2, 0) is 13.6 Å². The number of aryl methyl sites for hydroxylation is 1. The van der Waals surface area contributed by atoms with Crippen molar-refractivity contribution in [3.63, 3.8) is 0 Å². The molecule has 0 radical (unpaired) electrons. The molecule has 2 aromatic heterocycles. The summed E-state index contributed by atoms with van der Waals surface area (Å²) in [5.41, 5.74) is 5.54.